The minimum atomic E-state index is -5.79. The topological polar surface area (TPSA) is 283 Å². The third-order valence-electron chi connectivity index (χ3n) is 3.92. The van der Waals surface area contributed by atoms with Crippen LogP contribution in [0.5, 0.6) is 0 Å². The molecule has 3 unspecified atom stereocenters. The summed E-state index contributed by atoms with van der Waals surface area (Å²) in [4.78, 5) is 64.1. The summed E-state index contributed by atoms with van der Waals surface area (Å²) < 4.78 is 51.8. The fourth-order valence-electron chi connectivity index (χ4n) is 2.66. The lowest BCUT2D eigenvalue weighted by Gasteiger charge is -2.28. The van der Waals surface area contributed by atoms with Gasteiger partial charge in [0.1, 0.15) is 18.5 Å². The van der Waals surface area contributed by atoms with Crippen LogP contribution in [0.25, 0.3) is 0 Å². The maximum atomic E-state index is 12.0. The Balaban J connectivity index is 2.28. The summed E-state index contributed by atoms with van der Waals surface area (Å²) in [6.45, 7) is 0.999. The highest BCUT2D eigenvalue weighted by Crippen LogP contribution is 2.66. The van der Waals surface area contributed by atoms with Crippen LogP contribution in [0.3, 0.4) is 0 Å². The van der Waals surface area contributed by atoms with Crippen LogP contribution >= 0.6 is 23.5 Å². The first kappa shape index (κ1) is 26.7. The van der Waals surface area contributed by atoms with Gasteiger partial charge in [-0.15, -0.1) is 6.42 Å². The molecule has 1 aliphatic rings. The molecule has 32 heavy (non-hydrogen) atoms. The summed E-state index contributed by atoms with van der Waals surface area (Å²) in [5.74, 6) is 2.01. The molecule has 1 aromatic rings. The van der Waals surface area contributed by atoms with Gasteiger partial charge in [0.05, 0.1) is 6.10 Å². The number of hydrogen-bond acceptors (Lipinski definition) is 12. The van der Waals surface area contributed by atoms with Crippen molar-refractivity contribution in [2.45, 2.75) is 37.0 Å². The summed E-state index contributed by atoms with van der Waals surface area (Å²) in [6.07, 6.45) is -0.881. The number of nitrogens with zero attached hydrogens (tertiary/aromatic N) is 2. The van der Waals surface area contributed by atoms with Gasteiger partial charge in [-0.2, -0.15) is 13.6 Å². The zero-order chi connectivity index (χ0) is 24.7. The van der Waals surface area contributed by atoms with Gasteiger partial charge in [0.15, 0.2) is 11.8 Å². The Kier molecular flexibility index (Phi) is 7.52. The Labute approximate surface area is 177 Å². The molecule has 1 fully saturated rings. The number of aliphatic hydroxyl groups excluding tert-OH is 1. The Morgan fingerprint density at radius 1 is 1.28 bits per heavy atom. The molecule has 7 atom stereocenters. The molecule has 0 saturated carbocycles. The number of aliphatic hydroxyl groups is 1. The average molecular weight is 522 g/mol. The lowest BCUT2D eigenvalue weighted by Crippen LogP contribution is -2.55. The molecule has 0 aliphatic carbocycles. The van der Waals surface area contributed by atoms with E-state index in [1.807, 2.05) is 5.92 Å². The van der Waals surface area contributed by atoms with Gasteiger partial charge in [-0.05, 0) is 6.92 Å². The second-order valence-electron chi connectivity index (χ2n) is 6.26. The third kappa shape index (κ3) is 6.07. The summed E-state index contributed by atoms with van der Waals surface area (Å²) in [5, 5.41) is 10.5. The van der Waals surface area contributed by atoms with Gasteiger partial charge in [0.25, 0.3) is 0 Å². The van der Waals surface area contributed by atoms with Gasteiger partial charge in [0, 0.05) is 0 Å². The summed E-state index contributed by atoms with van der Waals surface area (Å²) >= 11 is 0. The highest BCUT2D eigenvalue weighted by Gasteiger charge is 2.57. The average Bonchev–Trinajstić information content (AvgIpc) is 2.84. The van der Waals surface area contributed by atoms with Crippen molar-refractivity contribution in [3.63, 3.8) is 0 Å². The van der Waals surface area contributed by atoms with Crippen LogP contribution in [0.1, 0.15) is 13.2 Å². The van der Waals surface area contributed by atoms with E-state index in [0.717, 1.165) is 6.92 Å². The highest BCUT2D eigenvalue weighted by molar-refractivity contribution is 7.66. The molecule has 0 aromatic carbocycles. The second-order valence-corrected chi connectivity index (χ2v) is 10.6. The van der Waals surface area contributed by atoms with Crippen molar-refractivity contribution in [3.05, 3.63) is 27.3 Å². The van der Waals surface area contributed by atoms with E-state index in [9.17, 15) is 38.2 Å². The Hall–Kier alpha value is -1.54. The Bertz CT molecular complexity index is 1170. The normalized spacial score (nSPS) is 30.8. The summed E-state index contributed by atoms with van der Waals surface area (Å²) in [5.41, 5.74) is 1.70. The van der Waals surface area contributed by atoms with Crippen molar-refractivity contribution in [1.29, 1.82) is 0 Å². The lowest BCUT2D eigenvalue weighted by atomic mass is 9.90. The van der Waals surface area contributed by atoms with E-state index >= 15 is 0 Å². The maximum absolute atomic E-state index is 12.0. The van der Waals surface area contributed by atoms with Crippen molar-refractivity contribution in [1.82, 2.24) is 14.5 Å². The van der Waals surface area contributed by atoms with Crippen LogP contribution in [0, 0.1) is 12.3 Å². The number of hydrogen-bond donors (Lipinski definition) is 7. The quantitative estimate of drug-likeness (QED) is 0.135. The number of ether oxygens (including phenoxy) is 1. The molecule has 18 nitrogen and oxygen atoms in total. The first-order valence-corrected chi connectivity index (χ1v) is 12.5. The minimum absolute atomic E-state index is 0.627. The zero-order valence-electron chi connectivity index (χ0n) is 15.7. The largest absolute Gasteiger partial charge is 0.490 e. The van der Waals surface area contributed by atoms with Crippen LogP contribution < -0.4 is 17.1 Å². The maximum Gasteiger partial charge on any atom is 0.490 e. The van der Waals surface area contributed by atoms with Crippen LogP contribution in [0.2, 0.25) is 0 Å². The minimum Gasteiger partial charge on any atom is -0.387 e. The molecule has 2 rings (SSSR count). The molecule has 1 aromatic heterocycles. The van der Waals surface area contributed by atoms with E-state index < -0.39 is 64.9 Å². The van der Waals surface area contributed by atoms with Crippen LogP contribution in [-0.4, -0.2) is 63.1 Å². The van der Waals surface area contributed by atoms with E-state index in [0.29, 0.717) is 10.9 Å². The van der Waals surface area contributed by atoms with Gasteiger partial charge in [-0.3, -0.25) is 14.1 Å². The summed E-state index contributed by atoms with van der Waals surface area (Å²) in [6, 6.07) is 0. The molecular weight excluding hydrogens is 505 g/mol. The standard InChI is InChI=1S/C11H17N4O14P3/c1-3-11(12)7(16)6(26-8(11)15-4-13-9(17)14-10(15)18)5(2)27-31(22,23)29-32(24,25)28-30(19,20)21/h1,4-8,16H,12H2,2H3,(H,22,23)(H,24,25)(H,14,17,18)(H2,19,20,21)/t5-,6+,7-,8+,11?/m0/s1. The molecule has 2 heterocycles. The van der Waals surface area contributed by atoms with Gasteiger partial charge in [-0.1, -0.05) is 5.92 Å². The lowest BCUT2D eigenvalue weighted by molar-refractivity contribution is -0.0758. The van der Waals surface area contributed by atoms with Crippen molar-refractivity contribution in [2.24, 2.45) is 5.73 Å². The Morgan fingerprint density at radius 2 is 1.88 bits per heavy atom. The zero-order valence-corrected chi connectivity index (χ0v) is 18.4. The number of terminal acetylenes is 1. The van der Waals surface area contributed by atoms with Crippen molar-refractivity contribution >= 4 is 23.5 Å². The van der Waals surface area contributed by atoms with E-state index in [-0.39, 0.29) is 0 Å². The van der Waals surface area contributed by atoms with Crippen molar-refractivity contribution in [2.75, 3.05) is 0 Å². The first-order chi connectivity index (χ1) is 14.4. The molecule has 0 bridgehead atoms. The number of aromatic amines is 1. The number of aromatic nitrogens is 3. The molecule has 0 radical (unpaired) electrons. The SMILES string of the molecule is C#CC1(N)[C@@H](O)[C@@H]([C@H](C)OP(=O)(O)OP(=O)(O)OP(=O)(O)O)O[C@H]1n1cnc(=O)[nH]c1=O. The Morgan fingerprint density at radius 3 is 2.38 bits per heavy atom. The number of phosphoric ester groups is 1. The van der Waals surface area contributed by atoms with Crippen molar-refractivity contribution < 1.29 is 56.3 Å². The molecule has 21 heteroatoms. The first-order valence-electron chi connectivity index (χ1n) is 8.00. The second kappa shape index (κ2) is 9.01. The fraction of sp³-hybridized carbons (Fsp3) is 0.545. The van der Waals surface area contributed by atoms with Crippen LogP contribution in [0.15, 0.2) is 15.9 Å². The fourth-order valence-corrected chi connectivity index (χ4v) is 5.87. The molecular formula is C11H17N4O14P3. The highest BCUT2D eigenvalue weighted by atomic mass is 31.3. The monoisotopic (exact) mass is 522 g/mol. The van der Waals surface area contributed by atoms with E-state index in [1.165, 1.54) is 0 Å². The number of phosphoric acid groups is 3. The smallest absolute Gasteiger partial charge is 0.387 e. The van der Waals surface area contributed by atoms with Crippen molar-refractivity contribution in [3.8, 4) is 12.3 Å². The van der Waals surface area contributed by atoms with Gasteiger partial charge >= 0.3 is 34.8 Å². The molecule has 180 valence electrons. The molecule has 0 amide bonds. The number of H-pyrrole nitrogens is 1. The number of nitrogens with two attached hydrogens (primary N) is 1. The third-order valence-corrected chi connectivity index (χ3v) is 7.85. The van der Waals surface area contributed by atoms with Crippen LogP contribution in [0.4, 0.5) is 0 Å². The predicted molar refractivity (Wildman–Crippen MR) is 99.2 cm³/mol. The van der Waals surface area contributed by atoms with E-state index in [2.05, 4.69) is 18.1 Å². The predicted octanol–water partition coefficient (Wildman–Crippen LogP) is -2.75. The molecule has 1 aliphatic heterocycles. The molecule has 0 spiro atoms. The van der Waals surface area contributed by atoms with Gasteiger partial charge in [-0.25, -0.2) is 23.3 Å². The number of nitrogens with one attached hydrogen (secondary N) is 1. The van der Waals surface area contributed by atoms with E-state index in [1.54, 1.807) is 4.98 Å². The molecule has 8 N–H and O–H groups in total. The van der Waals surface area contributed by atoms with Gasteiger partial charge in [0.2, 0.25) is 0 Å². The van der Waals surface area contributed by atoms with Gasteiger partial charge < -0.3 is 35.2 Å². The molecule has 1 saturated heterocycles. The number of rotatable bonds is 8. The van der Waals surface area contributed by atoms with Crippen LogP contribution in [-0.2, 0) is 31.6 Å². The van der Waals surface area contributed by atoms with E-state index in [4.69, 9.17) is 26.7 Å². The summed E-state index contributed by atoms with van der Waals surface area (Å²) in [7, 11) is -17.0.